The molecule has 0 spiro atoms. The number of rotatable bonds is 10. The second-order valence-corrected chi connectivity index (χ2v) is 11.6. The summed E-state index contributed by atoms with van der Waals surface area (Å²) in [5.74, 6) is -1.62. The van der Waals surface area contributed by atoms with Crippen molar-refractivity contribution in [3.05, 3.63) is 70.8 Å². The SMILES string of the molecule is CC(C)(C)Cc1cccc(C2(NCC(O)C(Cc3cc(F)cc(F)c3)NCC(F)(F)F)CCCCC2)c1. The highest BCUT2D eigenvalue weighted by atomic mass is 19.4. The molecule has 0 bridgehead atoms. The molecule has 0 radical (unpaired) electrons. The van der Waals surface area contributed by atoms with Crippen LogP contribution in [0.1, 0.15) is 69.6 Å². The second kappa shape index (κ2) is 12.2. The van der Waals surface area contributed by atoms with Crippen molar-refractivity contribution in [1.82, 2.24) is 10.6 Å². The molecule has 0 aromatic heterocycles. The molecule has 2 atom stereocenters. The molecule has 3 N–H and O–H groups in total. The van der Waals surface area contributed by atoms with Crippen molar-refractivity contribution in [2.75, 3.05) is 13.1 Å². The van der Waals surface area contributed by atoms with E-state index < -0.39 is 42.0 Å². The Hall–Kier alpha value is -2.03. The minimum absolute atomic E-state index is 0.0385. The van der Waals surface area contributed by atoms with E-state index in [-0.39, 0.29) is 23.9 Å². The highest BCUT2D eigenvalue weighted by molar-refractivity contribution is 5.31. The summed E-state index contributed by atoms with van der Waals surface area (Å²) in [5.41, 5.74) is 2.24. The summed E-state index contributed by atoms with van der Waals surface area (Å²) in [6, 6.07) is 10.2. The van der Waals surface area contributed by atoms with Crippen LogP contribution in [-0.2, 0) is 18.4 Å². The molecular weight excluding hydrogens is 487 g/mol. The third-order valence-electron chi connectivity index (χ3n) is 6.98. The molecule has 1 saturated carbocycles. The van der Waals surface area contributed by atoms with Crippen molar-refractivity contribution in [3.8, 4) is 0 Å². The van der Waals surface area contributed by atoms with Crippen LogP contribution in [0, 0.1) is 17.0 Å². The van der Waals surface area contributed by atoms with E-state index >= 15 is 0 Å². The predicted molar refractivity (Wildman–Crippen MR) is 136 cm³/mol. The van der Waals surface area contributed by atoms with Gasteiger partial charge < -0.3 is 15.7 Å². The molecular formula is C29H39F5N2O. The largest absolute Gasteiger partial charge is 0.401 e. The third-order valence-corrected chi connectivity index (χ3v) is 6.98. The van der Waals surface area contributed by atoms with Gasteiger partial charge in [0.2, 0.25) is 0 Å². The molecule has 2 aromatic rings. The molecule has 0 aliphatic heterocycles. The molecule has 3 rings (SSSR count). The topological polar surface area (TPSA) is 44.3 Å². The molecule has 0 heterocycles. The Labute approximate surface area is 216 Å². The van der Waals surface area contributed by atoms with Crippen LogP contribution < -0.4 is 10.6 Å². The normalized spacial score (nSPS) is 18.0. The number of halogens is 5. The maximum absolute atomic E-state index is 13.7. The predicted octanol–water partition coefficient (Wildman–Crippen LogP) is 6.43. The number of hydrogen-bond donors (Lipinski definition) is 3. The fraction of sp³-hybridized carbons (Fsp3) is 0.586. The van der Waals surface area contributed by atoms with Crippen molar-refractivity contribution in [1.29, 1.82) is 0 Å². The van der Waals surface area contributed by atoms with Gasteiger partial charge in [-0.15, -0.1) is 0 Å². The van der Waals surface area contributed by atoms with Gasteiger partial charge in [-0.25, -0.2) is 8.78 Å². The van der Waals surface area contributed by atoms with Crippen LogP contribution in [-0.4, -0.2) is 36.5 Å². The van der Waals surface area contributed by atoms with E-state index in [4.69, 9.17) is 0 Å². The van der Waals surface area contributed by atoms with E-state index in [0.717, 1.165) is 56.2 Å². The van der Waals surface area contributed by atoms with Gasteiger partial charge in [-0.05, 0) is 59.9 Å². The molecule has 2 aromatic carbocycles. The van der Waals surface area contributed by atoms with Gasteiger partial charge in [0.15, 0.2) is 0 Å². The van der Waals surface area contributed by atoms with E-state index in [2.05, 4.69) is 49.6 Å². The first kappa shape index (κ1) is 29.5. The Balaban J connectivity index is 1.80. The lowest BCUT2D eigenvalue weighted by Crippen LogP contribution is -2.53. The van der Waals surface area contributed by atoms with Gasteiger partial charge in [0.1, 0.15) is 11.6 Å². The van der Waals surface area contributed by atoms with E-state index in [1.54, 1.807) is 0 Å². The smallest absolute Gasteiger partial charge is 0.390 e. The lowest BCUT2D eigenvalue weighted by molar-refractivity contribution is -0.127. The summed E-state index contributed by atoms with van der Waals surface area (Å²) < 4.78 is 66.4. The molecule has 2 unspecified atom stereocenters. The third kappa shape index (κ3) is 9.34. The number of alkyl halides is 3. The Bertz CT molecular complexity index is 992. The van der Waals surface area contributed by atoms with Gasteiger partial charge in [-0.3, -0.25) is 0 Å². The second-order valence-electron chi connectivity index (χ2n) is 11.6. The van der Waals surface area contributed by atoms with Crippen LogP contribution >= 0.6 is 0 Å². The van der Waals surface area contributed by atoms with Crippen LogP contribution in [0.4, 0.5) is 22.0 Å². The van der Waals surface area contributed by atoms with Gasteiger partial charge in [0, 0.05) is 24.2 Å². The lowest BCUT2D eigenvalue weighted by Gasteiger charge is -2.40. The van der Waals surface area contributed by atoms with E-state index in [9.17, 15) is 27.1 Å². The van der Waals surface area contributed by atoms with Gasteiger partial charge >= 0.3 is 6.18 Å². The summed E-state index contributed by atoms with van der Waals surface area (Å²) >= 11 is 0. The van der Waals surface area contributed by atoms with Gasteiger partial charge in [0.05, 0.1) is 12.6 Å². The van der Waals surface area contributed by atoms with Gasteiger partial charge in [-0.2, -0.15) is 13.2 Å². The molecule has 1 aliphatic rings. The van der Waals surface area contributed by atoms with Crippen LogP contribution in [0.15, 0.2) is 42.5 Å². The van der Waals surface area contributed by atoms with E-state index in [1.807, 2.05) is 6.07 Å². The quantitative estimate of drug-likeness (QED) is 0.313. The standard InChI is InChI=1S/C29H39F5N2O/c1-27(2,3)17-20-8-7-9-22(12-20)28(10-5-4-6-11-28)36-18-26(37)25(35-19-29(32,33)34)15-21-13-23(30)16-24(31)14-21/h7-9,12-14,16,25-26,35-37H,4-6,10-11,15,17-19H2,1-3H3. The van der Waals surface area contributed by atoms with Crippen molar-refractivity contribution in [2.45, 2.75) is 89.6 Å². The van der Waals surface area contributed by atoms with Crippen molar-refractivity contribution >= 4 is 0 Å². The highest BCUT2D eigenvalue weighted by Crippen LogP contribution is 2.38. The number of aliphatic hydroxyl groups excluding tert-OH is 1. The monoisotopic (exact) mass is 526 g/mol. The van der Waals surface area contributed by atoms with E-state index in [1.165, 1.54) is 5.56 Å². The molecule has 3 nitrogen and oxygen atoms in total. The zero-order chi connectivity index (χ0) is 27.3. The van der Waals surface area contributed by atoms with Gasteiger partial charge in [-0.1, -0.05) is 64.3 Å². The Morgan fingerprint density at radius 2 is 1.57 bits per heavy atom. The molecule has 8 heteroatoms. The maximum atomic E-state index is 13.7. The Kier molecular flexibility index (Phi) is 9.75. The molecule has 1 aliphatic carbocycles. The summed E-state index contributed by atoms with van der Waals surface area (Å²) in [5, 5.41) is 16.9. The van der Waals surface area contributed by atoms with Crippen molar-refractivity contribution in [2.24, 2.45) is 5.41 Å². The molecule has 0 saturated heterocycles. The zero-order valence-corrected chi connectivity index (χ0v) is 21.9. The average Bonchev–Trinajstić information content (AvgIpc) is 2.78. The van der Waals surface area contributed by atoms with Crippen LogP contribution in [0.5, 0.6) is 0 Å². The Morgan fingerprint density at radius 1 is 0.919 bits per heavy atom. The maximum Gasteiger partial charge on any atom is 0.401 e. The Morgan fingerprint density at radius 3 is 2.16 bits per heavy atom. The minimum Gasteiger partial charge on any atom is -0.390 e. The molecule has 0 amide bonds. The molecule has 1 fully saturated rings. The lowest BCUT2D eigenvalue weighted by atomic mass is 9.75. The number of nitrogens with one attached hydrogen (secondary N) is 2. The van der Waals surface area contributed by atoms with Crippen molar-refractivity contribution < 1.29 is 27.1 Å². The summed E-state index contributed by atoms with van der Waals surface area (Å²) in [4.78, 5) is 0. The first-order valence-corrected chi connectivity index (χ1v) is 13.0. The zero-order valence-electron chi connectivity index (χ0n) is 21.9. The molecule has 37 heavy (non-hydrogen) atoms. The number of hydrogen-bond acceptors (Lipinski definition) is 3. The number of aliphatic hydroxyl groups is 1. The van der Waals surface area contributed by atoms with Crippen LogP contribution in [0.2, 0.25) is 0 Å². The first-order chi connectivity index (χ1) is 17.2. The fourth-order valence-corrected chi connectivity index (χ4v) is 5.33. The first-order valence-electron chi connectivity index (χ1n) is 13.0. The molecule has 206 valence electrons. The fourth-order valence-electron chi connectivity index (χ4n) is 5.33. The number of benzene rings is 2. The minimum atomic E-state index is -4.49. The average molecular weight is 527 g/mol. The van der Waals surface area contributed by atoms with Crippen LogP contribution in [0.25, 0.3) is 0 Å². The summed E-state index contributed by atoms with van der Waals surface area (Å²) in [6.07, 6.45) is -0.121. The van der Waals surface area contributed by atoms with Crippen molar-refractivity contribution in [3.63, 3.8) is 0 Å². The summed E-state index contributed by atoms with van der Waals surface area (Å²) in [6.45, 7) is 5.28. The highest BCUT2D eigenvalue weighted by Gasteiger charge is 2.36. The van der Waals surface area contributed by atoms with Gasteiger partial charge in [0.25, 0.3) is 0 Å². The van der Waals surface area contributed by atoms with E-state index in [0.29, 0.717) is 6.07 Å². The van der Waals surface area contributed by atoms with Crippen LogP contribution in [0.3, 0.4) is 0 Å². The summed E-state index contributed by atoms with van der Waals surface area (Å²) in [7, 11) is 0.